The first-order valence-electron chi connectivity index (χ1n) is 13.2. The summed E-state index contributed by atoms with van der Waals surface area (Å²) in [5.74, 6) is 0. The van der Waals surface area contributed by atoms with Gasteiger partial charge in [-0.1, -0.05) is 84.9 Å². The van der Waals surface area contributed by atoms with Gasteiger partial charge in [-0.3, -0.25) is 0 Å². The van der Waals surface area contributed by atoms with Crippen molar-refractivity contribution < 1.29 is 8.83 Å². The Labute approximate surface area is 230 Å². The van der Waals surface area contributed by atoms with Crippen LogP contribution in [0.1, 0.15) is 5.56 Å². The molecule has 0 aliphatic heterocycles. The minimum atomic E-state index is 0.640. The summed E-state index contributed by atoms with van der Waals surface area (Å²) in [6.45, 7) is 0. The molecule has 0 radical (unpaired) electrons. The number of benzene rings is 6. The highest BCUT2D eigenvalue weighted by Gasteiger charge is 2.18. The van der Waals surface area contributed by atoms with Crippen LogP contribution in [0.3, 0.4) is 0 Å². The molecule has 0 fully saturated rings. The molecule has 8 aromatic rings. The average Bonchev–Trinajstić information content (AvgIpc) is 3.59. The number of hydrogen-bond acceptors (Lipinski definition) is 3. The summed E-state index contributed by atoms with van der Waals surface area (Å²) >= 11 is 0. The van der Waals surface area contributed by atoms with Crippen LogP contribution in [-0.2, 0) is 0 Å². The summed E-state index contributed by atoms with van der Waals surface area (Å²) in [5, 5.41) is 14.4. The van der Waals surface area contributed by atoms with Crippen molar-refractivity contribution in [2.75, 3.05) is 0 Å². The van der Waals surface area contributed by atoms with Crippen molar-refractivity contribution in [3.8, 4) is 39.4 Å². The Morgan fingerprint density at radius 1 is 0.425 bits per heavy atom. The molecule has 0 N–H and O–H groups in total. The van der Waals surface area contributed by atoms with Gasteiger partial charge in [0, 0.05) is 27.1 Å². The lowest BCUT2D eigenvalue weighted by Gasteiger charge is -2.15. The van der Waals surface area contributed by atoms with E-state index in [0.717, 1.165) is 77.3 Å². The van der Waals surface area contributed by atoms with Crippen LogP contribution < -0.4 is 0 Å². The van der Waals surface area contributed by atoms with E-state index in [1.165, 1.54) is 0 Å². The zero-order chi connectivity index (χ0) is 26.6. The van der Waals surface area contributed by atoms with Crippen LogP contribution >= 0.6 is 0 Å². The number of nitrogens with zero attached hydrogens (tertiary/aromatic N) is 1. The van der Waals surface area contributed by atoms with Gasteiger partial charge in [-0.2, -0.15) is 5.26 Å². The molecule has 0 saturated carbocycles. The Kier molecular flexibility index (Phi) is 4.89. The van der Waals surface area contributed by atoms with Crippen molar-refractivity contribution in [1.29, 1.82) is 5.26 Å². The third-order valence-corrected chi connectivity index (χ3v) is 7.76. The lowest BCUT2D eigenvalue weighted by atomic mass is 9.87. The van der Waals surface area contributed by atoms with Gasteiger partial charge in [0.25, 0.3) is 0 Å². The minimum Gasteiger partial charge on any atom is -0.456 e. The van der Waals surface area contributed by atoms with Gasteiger partial charge in [0.15, 0.2) is 0 Å². The third kappa shape index (κ3) is 3.37. The van der Waals surface area contributed by atoms with Crippen molar-refractivity contribution in [1.82, 2.24) is 0 Å². The zero-order valence-electron chi connectivity index (χ0n) is 21.4. The molecule has 0 spiro atoms. The fraction of sp³-hybridized carbons (Fsp3) is 0. The van der Waals surface area contributed by atoms with Crippen LogP contribution in [0.4, 0.5) is 0 Å². The first-order valence-corrected chi connectivity index (χ1v) is 13.2. The standard InChI is InChI=1S/C37H21NO2/c38-22-25-8-1-2-9-26(25)31-20-23(24-17-19-35-32(21-24)28-10-3-5-13-33(28)39-35)16-18-27(31)29-12-7-15-36-37(29)30-11-4-6-14-34(30)40-36/h1-21H. The van der Waals surface area contributed by atoms with Gasteiger partial charge in [-0.05, 0) is 70.3 Å². The lowest BCUT2D eigenvalue weighted by molar-refractivity contribution is 0.668. The molecule has 3 heteroatoms. The van der Waals surface area contributed by atoms with Gasteiger partial charge in [-0.15, -0.1) is 0 Å². The van der Waals surface area contributed by atoms with Crippen molar-refractivity contribution in [3.05, 3.63) is 133 Å². The molecule has 8 rings (SSSR count). The second-order valence-corrected chi connectivity index (χ2v) is 10.0. The van der Waals surface area contributed by atoms with Gasteiger partial charge in [0.05, 0.1) is 11.6 Å². The monoisotopic (exact) mass is 511 g/mol. The number of para-hydroxylation sites is 2. The van der Waals surface area contributed by atoms with Gasteiger partial charge in [-0.25, -0.2) is 0 Å². The average molecular weight is 512 g/mol. The molecule has 40 heavy (non-hydrogen) atoms. The number of fused-ring (bicyclic) bond motifs is 6. The first kappa shape index (κ1) is 22.4. The molecule has 2 aromatic heterocycles. The Morgan fingerprint density at radius 3 is 1.93 bits per heavy atom. The molecular formula is C37H21NO2. The molecule has 0 unspecified atom stereocenters. The van der Waals surface area contributed by atoms with Crippen molar-refractivity contribution in [3.63, 3.8) is 0 Å². The van der Waals surface area contributed by atoms with Gasteiger partial charge < -0.3 is 8.83 Å². The molecule has 0 amide bonds. The quantitative estimate of drug-likeness (QED) is 0.237. The first-order chi connectivity index (χ1) is 19.8. The van der Waals surface area contributed by atoms with E-state index < -0.39 is 0 Å². The third-order valence-electron chi connectivity index (χ3n) is 7.76. The van der Waals surface area contributed by atoms with E-state index in [2.05, 4.69) is 54.6 Å². The molecule has 6 aromatic carbocycles. The second kappa shape index (κ2) is 8.73. The van der Waals surface area contributed by atoms with Gasteiger partial charge in [0.2, 0.25) is 0 Å². The van der Waals surface area contributed by atoms with Crippen LogP contribution in [0.25, 0.3) is 77.3 Å². The largest absolute Gasteiger partial charge is 0.456 e. The Hall–Kier alpha value is -5.59. The number of rotatable bonds is 3. The highest BCUT2D eigenvalue weighted by Crippen LogP contribution is 2.43. The van der Waals surface area contributed by atoms with Gasteiger partial charge in [0.1, 0.15) is 22.3 Å². The highest BCUT2D eigenvalue weighted by atomic mass is 16.3. The molecule has 0 bridgehead atoms. The Bertz CT molecular complexity index is 2290. The number of furan rings is 2. The van der Waals surface area contributed by atoms with E-state index in [0.29, 0.717) is 5.56 Å². The van der Waals surface area contributed by atoms with Crippen molar-refractivity contribution in [2.24, 2.45) is 0 Å². The normalized spacial score (nSPS) is 11.5. The van der Waals surface area contributed by atoms with E-state index in [4.69, 9.17) is 8.83 Å². The van der Waals surface area contributed by atoms with Crippen LogP contribution in [0, 0.1) is 11.3 Å². The van der Waals surface area contributed by atoms with Crippen LogP contribution in [-0.4, -0.2) is 0 Å². The maximum atomic E-state index is 10.0. The van der Waals surface area contributed by atoms with Crippen LogP contribution in [0.2, 0.25) is 0 Å². The maximum Gasteiger partial charge on any atom is 0.136 e. The van der Waals surface area contributed by atoms with Crippen molar-refractivity contribution >= 4 is 43.9 Å². The second-order valence-electron chi connectivity index (χ2n) is 10.0. The molecule has 0 aliphatic carbocycles. The molecular weight excluding hydrogens is 490 g/mol. The molecule has 0 aliphatic rings. The fourth-order valence-corrected chi connectivity index (χ4v) is 5.90. The number of nitriles is 1. The van der Waals surface area contributed by atoms with Crippen LogP contribution in [0.5, 0.6) is 0 Å². The Morgan fingerprint density at radius 2 is 1.05 bits per heavy atom. The zero-order valence-corrected chi connectivity index (χ0v) is 21.4. The number of hydrogen-bond donors (Lipinski definition) is 0. The van der Waals surface area contributed by atoms with E-state index in [9.17, 15) is 5.26 Å². The van der Waals surface area contributed by atoms with Crippen molar-refractivity contribution in [2.45, 2.75) is 0 Å². The van der Waals surface area contributed by atoms with E-state index in [1.807, 2.05) is 78.9 Å². The lowest BCUT2D eigenvalue weighted by Crippen LogP contribution is -1.91. The summed E-state index contributed by atoms with van der Waals surface area (Å²) in [4.78, 5) is 0. The fourth-order valence-electron chi connectivity index (χ4n) is 5.90. The summed E-state index contributed by atoms with van der Waals surface area (Å²) < 4.78 is 12.3. The smallest absolute Gasteiger partial charge is 0.136 e. The summed E-state index contributed by atoms with van der Waals surface area (Å²) in [7, 11) is 0. The molecule has 2 heterocycles. The topological polar surface area (TPSA) is 50.1 Å². The Balaban J connectivity index is 1.40. The summed E-state index contributed by atoms with van der Waals surface area (Å²) in [6.07, 6.45) is 0. The predicted molar refractivity (Wildman–Crippen MR) is 162 cm³/mol. The maximum absolute atomic E-state index is 10.0. The summed E-state index contributed by atoms with van der Waals surface area (Å²) in [5.41, 5.74) is 10.3. The SMILES string of the molecule is N#Cc1ccccc1-c1cc(-c2ccc3oc4ccccc4c3c2)ccc1-c1cccc2oc3ccccc3c12. The molecule has 0 atom stereocenters. The minimum absolute atomic E-state index is 0.640. The predicted octanol–water partition coefficient (Wildman–Crippen LogP) is 10.4. The van der Waals surface area contributed by atoms with E-state index in [-0.39, 0.29) is 0 Å². The summed E-state index contributed by atoms with van der Waals surface area (Å²) in [6, 6.07) is 45.6. The van der Waals surface area contributed by atoms with Gasteiger partial charge >= 0.3 is 0 Å². The molecule has 0 saturated heterocycles. The van der Waals surface area contributed by atoms with Crippen LogP contribution in [0.15, 0.2) is 136 Å². The molecule has 3 nitrogen and oxygen atoms in total. The van der Waals surface area contributed by atoms with E-state index >= 15 is 0 Å². The highest BCUT2D eigenvalue weighted by molar-refractivity contribution is 6.14. The molecule has 186 valence electrons. The van der Waals surface area contributed by atoms with E-state index in [1.54, 1.807) is 0 Å².